The number of unbranched alkanes of at least 4 members (excludes halogenated alkanes) is 1. The van der Waals surface area contributed by atoms with Crippen LogP contribution >= 0.6 is 0 Å². The lowest BCUT2D eigenvalue weighted by Crippen LogP contribution is -2.25. The van der Waals surface area contributed by atoms with Gasteiger partial charge in [-0.3, -0.25) is 10.1 Å². The number of halogens is 1. The highest BCUT2D eigenvalue weighted by atomic mass is 19.1. The van der Waals surface area contributed by atoms with Crippen LogP contribution in [0.2, 0.25) is 0 Å². The molecule has 0 aliphatic heterocycles. The Balaban J connectivity index is 2.72. The van der Waals surface area contributed by atoms with Gasteiger partial charge in [-0.25, -0.2) is 0 Å². The van der Waals surface area contributed by atoms with Crippen LogP contribution in [0.5, 0.6) is 5.75 Å². The first-order valence-electron chi connectivity index (χ1n) is 8.60. The molecule has 24 heavy (non-hydrogen) atoms. The Morgan fingerprint density at radius 3 is 2.54 bits per heavy atom. The molecular weight excluding hydrogens is 313 g/mol. The summed E-state index contributed by atoms with van der Waals surface area (Å²) in [5, 5.41) is 14.0. The van der Waals surface area contributed by atoms with Gasteiger partial charge in [-0.05, 0) is 25.9 Å². The summed E-state index contributed by atoms with van der Waals surface area (Å²) in [7, 11) is 0. The van der Waals surface area contributed by atoms with Gasteiger partial charge in [-0.1, -0.05) is 27.2 Å². The molecular formula is C17H28FN3O3. The van der Waals surface area contributed by atoms with Crippen LogP contribution in [0.3, 0.4) is 0 Å². The summed E-state index contributed by atoms with van der Waals surface area (Å²) in [6.07, 6.45) is 2.62. The highest BCUT2D eigenvalue weighted by Gasteiger charge is 2.22. The molecule has 0 spiro atoms. The largest absolute Gasteiger partial charge is 0.493 e. The maximum atomic E-state index is 14.0. The zero-order valence-corrected chi connectivity index (χ0v) is 14.8. The summed E-state index contributed by atoms with van der Waals surface area (Å²) in [5.74, 6) is -0.558. The Morgan fingerprint density at radius 1 is 1.25 bits per heavy atom. The number of nitro groups is 1. The van der Waals surface area contributed by atoms with Crippen molar-refractivity contribution in [2.75, 3.05) is 38.1 Å². The van der Waals surface area contributed by atoms with Crippen LogP contribution < -0.4 is 10.1 Å². The van der Waals surface area contributed by atoms with E-state index in [-0.39, 0.29) is 5.69 Å². The molecule has 0 saturated carbocycles. The SMILES string of the molecule is CCCCNc1cc(OCCCN(CC)CC)cc(F)c1[N+](=O)[O-]. The molecule has 0 atom stereocenters. The second-order valence-electron chi connectivity index (χ2n) is 5.57. The maximum absolute atomic E-state index is 14.0. The summed E-state index contributed by atoms with van der Waals surface area (Å²) in [6, 6.07) is 2.59. The predicted octanol–water partition coefficient (Wildman–Crippen LogP) is 4.06. The molecule has 0 fully saturated rings. The first kappa shape index (κ1) is 20.2. The van der Waals surface area contributed by atoms with E-state index >= 15 is 0 Å². The number of nitrogens with one attached hydrogen (secondary N) is 1. The van der Waals surface area contributed by atoms with Gasteiger partial charge in [0.15, 0.2) is 0 Å². The average Bonchev–Trinajstić information content (AvgIpc) is 2.54. The van der Waals surface area contributed by atoms with Crippen molar-refractivity contribution in [3.05, 3.63) is 28.1 Å². The topological polar surface area (TPSA) is 67.6 Å². The van der Waals surface area contributed by atoms with Crippen LogP contribution in [0, 0.1) is 15.9 Å². The highest BCUT2D eigenvalue weighted by Crippen LogP contribution is 2.32. The minimum Gasteiger partial charge on any atom is -0.493 e. The number of nitrogens with zero attached hydrogens (tertiary/aromatic N) is 2. The third-order valence-corrected chi connectivity index (χ3v) is 3.85. The molecule has 7 heteroatoms. The molecule has 0 aliphatic rings. The molecule has 0 amide bonds. The van der Waals surface area contributed by atoms with Crippen LogP contribution in [0.15, 0.2) is 12.1 Å². The molecule has 1 N–H and O–H groups in total. The number of anilines is 1. The summed E-state index contributed by atoms with van der Waals surface area (Å²) in [4.78, 5) is 12.6. The quantitative estimate of drug-likeness (QED) is 0.353. The molecule has 0 saturated heterocycles. The van der Waals surface area contributed by atoms with E-state index < -0.39 is 16.4 Å². The van der Waals surface area contributed by atoms with Gasteiger partial charge in [0.2, 0.25) is 5.82 Å². The number of benzene rings is 1. The Labute approximate surface area is 143 Å². The lowest BCUT2D eigenvalue weighted by Gasteiger charge is -2.18. The number of nitro benzene ring substituents is 1. The predicted molar refractivity (Wildman–Crippen MR) is 94.4 cm³/mol. The molecule has 0 radical (unpaired) electrons. The molecule has 0 bridgehead atoms. The first-order chi connectivity index (χ1) is 11.5. The van der Waals surface area contributed by atoms with Gasteiger partial charge in [-0.15, -0.1) is 0 Å². The van der Waals surface area contributed by atoms with E-state index in [4.69, 9.17) is 4.74 Å². The van der Waals surface area contributed by atoms with Crippen LogP contribution in [0.4, 0.5) is 15.8 Å². The van der Waals surface area contributed by atoms with Crippen LogP contribution in [0.25, 0.3) is 0 Å². The maximum Gasteiger partial charge on any atom is 0.327 e. The number of ether oxygens (including phenoxy) is 1. The van der Waals surface area contributed by atoms with Crippen molar-refractivity contribution in [1.29, 1.82) is 0 Å². The lowest BCUT2D eigenvalue weighted by molar-refractivity contribution is -0.386. The Bertz CT molecular complexity index is 522. The second-order valence-corrected chi connectivity index (χ2v) is 5.57. The Morgan fingerprint density at radius 2 is 1.96 bits per heavy atom. The zero-order valence-electron chi connectivity index (χ0n) is 14.8. The van der Waals surface area contributed by atoms with Crippen LogP contribution in [-0.2, 0) is 0 Å². The molecule has 1 rings (SSSR count). The molecule has 0 unspecified atom stereocenters. The smallest absolute Gasteiger partial charge is 0.327 e. The Kier molecular flexibility index (Phi) is 9.07. The number of hydrogen-bond acceptors (Lipinski definition) is 5. The minimum absolute atomic E-state index is 0.173. The molecule has 0 aromatic heterocycles. The number of rotatable bonds is 12. The second kappa shape index (κ2) is 10.8. The van der Waals surface area contributed by atoms with Gasteiger partial charge in [0.25, 0.3) is 0 Å². The van der Waals surface area contributed by atoms with E-state index in [2.05, 4.69) is 24.1 Å². The van der Waals surface area contributed by atoms with Crippen molar-refractivity contribution in [3.63, 3.8) is 0 Å². The van der Waals surface area contributed by atoms with Crippen LogP contribution in [0.1, 0.15) is 40.0 Å². The van der Waals surface area contributed by atoms with Crippen molar-refractivity contribution in [3.8, 4) is 5.75 Å². The third-order valence-electron chi connectivity index (χ3n) is 3.85. The van der Waals surface area contributed by atoms with Gasteiger partial charge in [0.05, 0.1) is 11.5 Å². The van der Waals surface area contributed by atoms with E-state index in [0.29, 0.717) is 18.9 Å². The fraction of sp³-hybridized carbons (Fsp3) is 0.647. The van der Waals surface area contributed by atoms with E-state index in [0.717, 1.165) is 45.0 Å². The fourth-order valence-electron chi connectivity index (χ4n) is 2.40. The average molecular weight is 341 g/mol. The third kappa shape index (κ3) is 6.31. The zero-order chi connectivity index (χ0) is 17.9. The summed E-state index contributed by atoms with van der Waals surface area (Å²) >= 11 is 0. The molecule has 6 nitrogen and oxygen atoms in total. The van der Waals surface area contributed by atoms with Gasteiger partial charge >= 0.3 is 5.69 Å². The van der Waals surface area contributed by atoms with Crippen molar-refractivity contribution < 1.29 is 14.1 Å². The fourth-order valence-corrected chi connectivity index (χ4v) is 2.40. The monoisotopic (exact) mass is 341 g/mol. The van der Waals surface area contributed by atoms with Gasteiger partial charge in [0, 0.05) is 25.2 Å². The first-order valence-corrected chi connectivity index (χ1v) is 8.60. The molecule has 0 aliphatic carbocycles. The van der Waals surface area contributed by atoms with Gasteiger partial charge < -0.3 is 15.0 Å². The highest BCUT2D eigenvalue weighted by molar-refractivity contribution is 5.65. The van der Waals surface area contributed by atoms with Crippen molar-refractivity contribution in [2.24, 2.45) is 0 Å². The Hall–Kier alpha value is -1.89. The molecule has 1 aromatic carbocycles. The molecule has 136 valence electrons. The van der Waals surface area contributed by atoms with Crippen molar-refractivity contribution >= 4 is 11.4 Å². The summed E-state index contributed by atoms with van der Waals surface area (Å²) in [6.45, 7) is 10.1. The van der Waals surface area contributed by atoms with E-state index in [9.17, 15) is 14.5 Å². The lowest BCUT2D eigenvalue weighted by atomic mass is 10.2. The standard InChI is InChI=1S/C17H28FN3O3/c1-4-7-9-19-16-13-14(12-15(18)17(16)21(22)23)24-11-8-10-20(5-2)6-3/h12-13,19H,4-11H2,1-3H3. The molecule has 1 aromatic rings. The van der Waals surface area contributed by atoms with Crippen molar-refractivity contribution in [1.82, 2.24) is 4.90 Å². The van der Waals surface area contributed by atoms with E-state index in [1.54, 1.807) is 0 Å². The van der Waals surface area contributed by atoms with Crippen molar-refractivity contribution in [2.45, 2.75) is 40.0 Å². The number of hydrogen-bond donors (Lipinski definition) is 1. The molecule has 0 heterocycles. The van der Waals surface area contributed by atoms with E-state index in [1.807, 2.05) is 6.92 Å². The van der Waals surface area contributed by atoms with Gasteiger partial charge in [-0.2, -0.15) is 4.39 Å². The van der Waals surface area contributed by atoms with Crippen LogP contribution in [-0.4, -0.2) is 42.6 Å². The summed E-state index contributed by atoms with van der Waals surface area (Å²) in [5.41, 5.74) is -0.353. The minimum atomic E-state index is -0.875. The van der Waals surface area contributed by atoms with Gasteiger partial charge in [0.1, 0.15) is 11.4 Å². The summed E-state index contributed by atoms with van der Waals surface area (Å²) < 4.78 is 19.6. The van der Waals surface area contributed by atoms with E-state index in [1.165, 1.54) is 6.07 Å². The normalized spacial score (nSPS) is 10.9.